The van der Waals surface area contributed by atoms with Gasteiger partial charge in [0, 0.05) is 11.1 Å². The predicted molar refractivity (Wildman–Crippen MR) is 67.0 cm³/mol. The van der Waals surface area contributed by atoms with Crippen LogP contribution in [0.2, 0.25) is 0 Å². The first-order chi connectivity index (χ1) is 8.24. The predicted octanol–water partition coefficient (Wildman–Crippen LogP) is 2.35. The third-order valence-electron chi connectivity index (χ3n) is 2.73. The van der Waals surface area contributed by atoms with Gasteiger partial charge in [-0.1, -0.05) is 18.2 Å². The summed E-state index contributed by atoms with van der Waals surface area (Å²) in [7, 11) is 0. The number of amides is 1. The minimum Gasteiger partial charge on any atom is -0.272 e. The number of hydrazone groups is 1. The van der Waals surface area contributed by atoms with Crippen molar-refractivity contribution in [2.24, 2.45) is 5.10 Å². The summed E-state index contributed by atoms with van der Waals surface area (Å²) in [4.78, 5) is 16.0. The topological polar surface area (TPSA) is 45.6 Å². The molecule has 0 unspecified atom stereocenters. The first-order valence-electron chi connectivity index (χ1n) is 5.46. The average molecular weight is 225 g/mol. The molecule has 1 aromatic heterocycles. The fourth-order valence-electron chi connectivity index (χ4n) is 1.93. The van der Waals surface area contributed by atoms with E-state index >= 15 is 0 Å². The van der Waals surface area contributed by atoms with E-state index in [2.05, 4.69) is 10.1 Å². The second kappa shape index (κ2) is 3.66. The second-order valence-electron chi connectivity index (χ2n) is 4.10. The van der Waals surface area contributed by atoms with Crippen LogP contribution in [-0.4, -0.2) is 16.6 Å². The van der Waals surface area contributed by atoms with E-state index < -0.39 is 0 Å². The van der Waals surface area contributed by atoms with Gasteiger partial charge in [0.2, 0.25) is 0 Å². The van der Waals surface area contributed by atoms with Crippen LogP contribution in [0.4, 0.5) is 5.69 Å². The van der Waals surface area contributed by atoms with Gasteiger partial charge in [-0.15, -0.1) is 0 Å². The molecule has 0 saturated carbocycles. The van der Waals surface area contributed by atoms with Gasteiger partial charge in [-0.3, -0.25) is 9.78 Å². The third-order valence-corrected chi connectivity index (χ3v) is 2.73. The molecule has 1 amide bonds. The standard InChI is InChI=1S/C13H11N3O/c1-9-6-13(17)16(15-9)11-7-10-4-2-3-5-12(10)14-8-11/h2-5,7-8H,6H2,1H3. The van der Waals surface area contributed by atoms with Crippen LogP contribution in [0.15, 0.2) is 41.6 Å². The summed E-state index contributed by atoms with van der Waals surface area (Å²) in [6.45, 7) is 1.85. The molecular weight excluding hydrogens is 214 g/mol. The van der Waals surface area contributed by atoms with Crippen molar-refractivity contribution in [1.82, 2.24) is 4.98 Å². The largest absolute Gasteiger partial charge is 0.272 e. The lowest BCUT2D eigenvalue weighted by Crippen LogP contribution is -2.19. The van der Waals surface area contributed by atoms with Gasteiger partial charge in [-0.05, 0) is 19.1 Å². The third kappa shape index (κ3) is 1.67. The molecule has 0 N–H and O–H groups in total. The Morgan fingerprint density at radius 2 is 2.12 bits per heavy atom. The molecule has 17 heavy (non-hydrogen) atoms. The summed E-state index contributed by atoms with van der Waals surface area (Å²) < 4.78 is 0. The Hall–Kier alpha value is -2.23. The summed E-state index contributed by atoms with van der Waals surface area (Å²) in [5.41, 5.74) is 2.48. The number of aromatic nitrogens is 1. The van der Waals surface area contributed by atoms with E-state index in [1.54, 1.807) is 6.20 Å². The molecule has 0 aliphatic carbocycles. The second-order valence-corrected chi connectivity index (χ2v) is 4.10. The van der Waals surface area contributed by atoms with Crippen molar-refractivity contribution in [2.45, 2.75) is 13.3 Å². The molecule has 3 rings (SSSR count). The molecule has 4 nitrogen and oxygen atoms in total. The Kier molecular flexibility index (Phi) is 2.14. The van der Waals surface area contributed by atoms with E-state index in [1.165, 1.54) is 5.01 Å². The molecule has 84 valence electrons. The number of nitrogens with zero attached hydrogens (tertiary/aromatic N) is 3. The van der Waals surface area contributed by atoms with Gasteiger partial charge in [-0.25, -0.2) is 0 Å². The number of pyridine rings is 1. The van der Waals surface area contributed by atoms with Crippen molar-refractivity contribution in [3.8, 4) is 0 Å². The maximum absolute atomic E-state index is 11.7. The van der Waals surface area contributed by atoms with Gasteiger partial charge in [0.1, 0.15) is 0 Å². The molecule has 0 spiro atoms. The highest BCUT2D eigenvalue weighted by Crippen LogP contribution is 2.23. The summed E-state index contributed by atoms with van der Waals surface area (Å²) in [5, 5.41) is 6.64. The van der Waals surface area contributed by atoms with Crippen molar-refractivity contribution in [3.63, 3.8) is 0 Å². The smallest absolute Gasteiger partial charge is 0.253 e. The number of benzene rings is 1. The lowest BCUT2D eigenvalue weighted by atomic mass is 10.2. The van der Waals surface area contributed by atoms with E-state index in [9.17, 15) is 4.79 Å². The number of para-hydroxylation sites is 1. The average Bonchev–Trinajstić information content (AvgIpc) is 2.68. The van der Waals surface area contributed by atoms with Gasteiger partial charge in [0.25, 0.3) is 5.91 Å². The Balaban J connectivity index is 2.09. The number of rotatable bonds is 1. The van der Waals surface area contributed by atoms with Crippen LogP contribution in [0.3, 0.4) is 0 Å². The fraction of sp³-hybridized carbons (Fsp3) is 0.154. The molecule has 0 atom stereocenters. The number of anilines is 1. The molecule has 1 aromatic carbocycles. The lowest BCUT2D eigenvalue weighted by molar-refractivity contribution is -0.116. The highest BCUT2D eigenvalue weighted by Gasteiger charge is 2.22. The van der Waals surface area contributed by atoms with Crippen molar-refractivity contribution >= 4 is 28.2 Å². The van der Waals surface area contributed by atoms with Crippen LogP contribution in [-0.2, 0) is 4.79 Å². The van der Waals surface area contributed by atoms with Crippen LogP contribution in [0.5, 0.6) is 0 Å². The Labute approximate surface area is 98.6 Å². The lowest BCUT2D eigenvalue weighted by Gasteiger charge is -2.11. The normalized spacial score (nSPS) is 15.5. The van der Waals surface area contributed by atoms with E-state index in [-0.39, 0.29) is 5.91 Å². The van der Waals surface area contributed by atoms with E-state index in [1.807, 2.05) is 37.3 Å². The number of carbonyl (C=O) groups excluding carboxylic acids is 1. The van der Waals surface area contributed by atoms with Gasteiger partial charge >= 0.3 is 0 Å². The number of hydrogen-bond acceptors (Lipinski definition) is 3. The number of hydrogen-bond donors (Lipinski definition) is 0. The van der Waals surface area contributed by atoms with Crippen LogP contribution in [0.25, 0.3) is 10.9 Å². The van der Waals surface area contributed by atoms with Gasteiger partial charge in [-0.2, -0.15) is 10.1 Å². The summed E-state index contributed by atoms with van der Waals surface area (Å²) in [5.74, 6) is -0.000388. The first kappa shape index (κ1) is 9.96. The minimum atomic E-state index is -0.000388. The summed E-state index contributed by atoms with van der Waals surface area (Å²) >= 11 is 0. The molecule has 0 radical (unpaired) electrons. The zero-order valence-corrected chi connectivity index (χ0v) is 9.42. The van der Waals surface area contributed by atoms with Gasteiger partial charge < -0.3 is 0 Å². The Bertz CT molecular complexity index is 633. The fourth-order valence-corrected chi connectivity index (χ4v) is 1.93. The minimum absolute atomic E-state index is 0.000388. The molecule has 0 bridgehead atoms. The molecule has 0 fully saturated rings. The van der Waals surface area contributed by atoms with Crippen molar-refractivity contribution in [3.05, 3.63) is 36.5 Å². The van der Waals surface area contributed by atoms with E-state index in [0.717, 1.165) is 22.3 Å². The molecule has 2 heterocycles. The van der Waals surface area contributed by atoms with Crippen molar-refractivity contribution < 1.29 is 4.79 Å². The SMILES string of the molecule is CC1=NN(c2cnc3ccccc3c2)C(=O)C1. The molecule has 1 aliphatic rings. The van der Waals surface area contributed by atoms with Crippen LogP contribution in [0.1, 0.15) is 13.3 Å². The monoisotopic (exact) mass is 225 g/mol. The summed E-state index contributed by atoms with van der Waals surface area (Å²) in [6, 6.07) is 9.75. The Morgan fingerprint density at radius 3 is 2.88 bits per heavy atom. The number of fused-ring (bicyclic) bond motifs is 1. The number of carbonyl (C=O) groups is 1. The van der Waals surface area contributed by atoms with Crippen molar-refractivity contribution in [2.75, 3.05) is 5.01 Å². The summed E-state index contributed by atoms with van der Waals surface area (Å²) in [6.07, 6.45) is 2.08. The highest BCUT2D eigenvalue weighted by atomic mass is 16.2. The zero-order valence-electron chi connectivity index (χ0n) is 9.42. The maximum Gasteiger partial charge on any atom is 0.253 e. The van der Waals surface area contributed by atoms with Crippen LogP contribution in [0, 0.1) is 0 Å². The first-order valence-corrected chi connectivity index (χ1v) is 5.46. The quantitative estimate of drug-likeness (QED) is 0.747. The Morgan fingerprint density at radius 1 is 1.29 bits per heavy atom. The molecule has 4 heteroatoms. The van der Waals surface area contributed by atoms with Gasteiger partial charge in [0.05, 0.1) is 23.8 Å². The van der Waals surface area contributed by atoms with Crippen LogP contribution >= 0.6 is 0 Å². The maximum atomic E-state index is 11.7. The van der Waals surface area contributed by atoms with E-state index in [4.69, 9.17) is 0 Å². The van der Waals surface area contributed by atoms with Crippen LogP contribution < -0.4 is 5.01 Å². The molecule has 0 saturated heterocycles. The highest BCUT2D eigenvalue weighted by molar-refractivity contribution is 6.12. The zero-order chi connectivity index (χ0) is 11.8. The molecular formula is C13H11N3O. The van der Waals surface area contributed by atoms with Gasteiger partial charge in [0.15, 0.2) is 0 Å². The molecule has 1 aliphatic heterocycles. The van der Waals surface area contributed by atoms with E-state index in [0.29, 0.717) is 6.42 Å². The van der Waals surface area contributed by atoms with Crippen molar-refractivity contribution in [1.29, 1.82) is 0 Å². The molecule has 2 aromatic rings.